The number of carbonyl (C=O) groups excluding carboxylic acids is 2. The Morgan fingerprint density at radius 1 is 1.23 bits per heavy atom. The van der Waals surface area contributed by atoms with Crippen molar-refractivity contribution in [2.75, 3.05) is 6.61 Å². The molecule has 0 bridgehead atoms. The molecule has 3 aromatic rings. The van der Waals surface area contributed by atoms with Gasteiger partial charge < -0.3 is 9.15 Å². The molecule has 1 atom stereocenters. The number of furan rings is 1. The van der Waals surface area contributed by atoms with Crippen molar-refractivity contribution >= 4 is 29.2 Å². The Hall–Kier alpha value is -3.45. The van der Waals surface area contributed by atoms with Gasteiger partial charge in [-0.05, 0) is 36.8 Å². The molecule has 1 amide bonds. The Bertz CT molecular complexity index is 1090. The Morgan fingerprint density at radius 3 is 2.73 bits per heavy atom. The van der Waals surface area contributed by atoms with Crippen LogP contribution in [0, 0.1) is 6.92 Å². The molecular formula is C22H18ClN3O4. The van der Waals surface area contributed by atoms with Crippen molar-refractivity contribution in [2.24, 2.45) is 5.10 Å². The van der Waals surface area contributed by atoms with Crippen LogP contribution < -0.4 is 0 Å². The number of aromatic nitrogens is 1. The van der Waals surface area contributed by atoms with E-state index in [0.717, 1.165) is 16.8 Å². The van der Waals surface area contributed by atoms with E-state index in [1.54, 1.807) is 18.4 Å². The van der Waals surface area contributed by atoms with Crippen LogP contribution in [0.25, 0.3) is 0 Å². The normalized spacial score (nSPS) is 15.7. The van der Waals surface area contributed by atoms with Gasteiger partial charge in [-0.1, -0.05) is 41.4 Å². The quantitative estimate of drug-likeness (QED) is 0.454. The van der Waals surface area contributed by atoms with E-state index in [-0.39, 0.29) is 10.7 Å². The third kappa shape index (κ3) is 4.26. The molecule has 152 valence electrons. The van der Waals surface area contributed by atoms with E-state index in [1.165, 1.54) is 23.3 Å². The molecule has 30 heavy (non-hydrogen) atoms. The van der Waals surface area contributed by atoms with Crippen molar-refractivity contribution in [3.05, 3.63) is 88.6 Å². The van der Waals surface area contributed by atoms with Crippen LogP contribution in [0.2, 0.25) is 5.15 Å². The fourth-order valence-corrected chi connectivity index (χ4v) is 3.34. The van der Waals surface area contributed by atoms with E-state index in [4.69, 9.17) is 20.8 Å². The van der Waals surface area contributed by atoms with Gasteiger partial charge in [0.05, 0.1) is 17.5 Å². The molecule has 1 aliphatic rings. The van der Waals surface area contributed by atoms with E-state index in [0.29, 0.717) is 12.2 Å². The van der Waals surface area contributed by atoms with Gasteiger partial charge in [-0.15, -0.1) is 0 Å². The fraction of sp³-hybridized carbons (Fsp3) is 0.182. The number of hydrogen-bond donors (Lipinski definition) is 0. The second-order valence-corrected chi connectivity index (χ2v) is 7.22. The molecule has 1 aliphatic heterocycles. The van der Waals surface area contributed by atoms with Crippen LogP contribution >= 0.6 is 11.6 Å². The number of pyridine rings is 1. The van der Waals surface area contributed by atoms with Crippen LogP contribution in [-0.2, 0) is 9.53 Å². The lowest BCUT2D eigenvalue weighted by Gasteiger charge is -2.19. The summed E-state index contributed by atoms with van der Waals surface area (Å²) in [4.78, 5) is 28.9. The zero-order chi connectivity index (χ0) is 21.1. The number of carbonyl (C=O) groups is 2. The largest absolute Gasteiger partial charge is 0.467 e. The number of halogens is 1. The molecule has 4 rings (SSSR count). The average molecular weight is 424 g/mol. The van der Waals surface area contributed by atoms with Gasteiger partial charge >= 0.3 is 5.97 Å². The Labute approximate surface area is 177 Å². The summed E-state index contributed by atoms with van der Waals surface area (Å²) >= 11 is 5.79. The Balaban J connectivity index is 1.51. The van der Waals surface area contributed by atoms with Crippen molar-refractivity contribution < 1.29 is 18.7 Å². The van der Waals surface area contributed by atoms with Gasteiger partial charge in [-0.3, -0.25) is 4.79 Å². The maximum atomic E-state index is 12.8. The maximum Gasteiger partial charge on any atom is 0.338 e. The summed E-state index contributed by atoms with van der Waals surface area (Å²) in [5, 5.41) is 6.00. The number of esters is 1. The van der Waals surface area contributed by atoms with E-state index in [2.05, 4.69) is 10.1 Å². The first-order valence-electron chi connectivity index (χ1n) is 9.30. The molecule has 8 heteroatoms. The number of amides is 1. The molecule has 0 N–H and O–H groups in total. The van der Waals surface area contributed by atoms with Gasteiger partial charge in [0, 0.05) is 12.6 Å². The zero-order valence-corrected chi connectivity index (χ0v) is 16.9. The van der Waals surface area contributed by atoms with E-state index in [9.17, 15) is 9.59 Å². The van der Waals surface area contributed by atoms with Gasteiger partial charge in [0.1, 0.15) is 17.0 Å². The highest BCUT2D eigenvalue weighted by Crippen LogP contribution is 2.33. The SMILES string of the molecule is Cc1ccc(C2=NN(C(=O)COC(=O)c3ccnc(Cl)c3)C(c3ccco3)C2)cc1. The molecule has 0 spiro atoms. The summed E-state index contributed by atoms with van der Waals surface area (Å²) in [6.45, 7) is 1.55. The molecule has 2 aromatic heterocycles. The summed E-state index contributed by atoms with van der Waals surface area (Å²) in [6.07, 6.45) is 3.44. The number of hydrogen-bond acceptors (Lipinski definition) is 6. The highest BCUT2D eigenvalue weighted by atomic mass is 35.5. The molecule has 0 saturated heterocycles. The van der Waals surface area contributed by atoms with Gasteiger partial charge in [-0.2, -0.15) is 5.10 Å². The second-order valence-electron chi connectivity index (χ2n) is 6.83. The van der Waals surface area contributed by atoms with Gasteiger partial charge in [0.15, 0.2) is 6.61 Å². The van der Waals surface area contributed by atoms with Gasteiger partial charge in [-0.25, -0.2) is 14.8 Å². The number of nitrogens with zero attached hydrogens (tertiary/aromatic N) is 3. The molecule has 3 heterocycles. The summed E-state index contributed by atoms with van der Waals surface area (Å²) in [5.41, 5.74) is 3.04. The monoisotopic (exact) mass is 423 g/mol. The first-order valence-corrected chi connectivity index (χ1v) is 9.68. The summed E-state index contributed by atoms with van der Waals surface area (Å²) in [6, 6.07) is 13.9. The first kappa shape index (κ1) is 19.8. The predicted molar refractivity (Wildman–Crippen MR) is 110 cm³/mol. The van der Waals surface area contributed by atoms with E-state index in [1.807, 2.05) is 31.2 Å². The molecule has 7 nitrogen and oxygen atoms in total. The van der Waals surface area contributed by atoms with Crippen LogP contribution in [-0.4, -0.2) is 34.2 Å². The fourth-order valence-electron chi connectivity index (χ4n) is 3.17. The molecular weight excluding hydrogens is 406 g/mol. The lowest BCUT2D eigenvalue weighted by Crippen LogP contribution is -2.31. The zero-order valence-electron chi connectivity index (χ0n) is 16.1. The van der Waals surface area contributed by atoms with Crippen LogP contribution in [0.15, 0.2) is 70.5 Å². The van der Waals surface area contributed by atoms with E-state index >= 15 is 0 Å². The molecule has 0 aliphatic carbocycles. The van der Waals surface area contributed by atoms with Gasteiger partial charge in [0.25, 0.3) is 5.91 Å². The highest BCUT2D eigenvalue weighted by molar-refractivity contribution is 6.29. The third-order valence-electron chi connectivity index (χ3n) is 4.71. The molecule has 0 fully saturated rings. The average Bonchev–Trinajstić information content (AvgIpc) is 3.42. The van der Waals surface area contributed by atoms with Crippen molar-refractivity contribution in [3.8, 4) is 0 Å². The van der Waals surface area contributed by atoms with Gasteiger partial charge in [0.2, 0.25) is 0 Å². The molecule has 0 saturated carbocycles. The van der Waals surface area contributed by atoms with Crippen molar-refractivity contribution in [2.45, 2.75) is 19.4 Å². The lowest BCUT2D eigenvalue weighted by molar-refractivity contribution is -0.136. The Morgan fingerprint density at radius 2 is 2.03 bits per heavy atom. The number of aryl methyl sites for hydroxylation is 1. The first-order chi connectivity index (χ1) is 14.5. The third-order valence-corrected chi connectivity index (χ3v) is 4.92. The summed E-state index contributed by atoms with van der Waals surface area (Å²) in [7, 11) is 0. The van der Waals surface area contributed by atoms with E-state index < -0.39 is 24.5 Å². The van der Waals surface area contributed by atoms with Crippen molar-refractivity contribution in [3.63, 3.8) is 0 Å². The number of benzene rings is 1. The standard InChI is InChI=1S/C22H18ClN3O4/c1-14-4-6-15(7-5-14)17-12-18(19-3-2-10-29-19)26(25-17)21(27)13-30-22(28)16-8-9-24-20(23)11-16/h2-11,18H,12-13H2,1H3. The van der Waals surface area contributed by atoms with Crippen LogP contribution in [0.5, 0.6) is 0 Å². The minimum Gasteiger partial charge on any atom is -0.467 e. The van der Waals surface area contributed by atoms with Crippen LogP contribution in [0.3, 0.4) is 0 Å². The summed E-state index contributed by atoms with van der Waals surface area (Å²) < 4.78 is 10.7. The van der Waals surface area contributed by atoms with Crippen molar-refractivity contribution in [1.82, 2.24) is 9.99 Å². The maximum absolute atomic E-state index is 12.8. The summed E-state index contributed by atoms with van der Waals surface area (Å²) in [5.74, 6) is -0.502. The predicted octanol–water partition coefficient (Wildman–Crippen LogP) is 4.17. The topological polar surface area (TPSA) is 85.0 Å². The van der Waals surface area contributed by atoms with Crippen molar-refractivity contribution in [1.29, 1.82) is 0 Å². The minimum absolute atomic E-state index is 0.167. The second kappa shape index (κ2) is 8.51. The molecule has 0 radical (unpaired) electrons. The van der Waals surface area contributed by atoms with Crippen LogP contribution in [0.4, 0.5) is 0 Å². The molecule has 1 unspecified atom stereocenters. The minimum atomic E-state index is -0.663. The number of hydrazone groups is 1. The molecule has 1 aromatic carbocycles. The number of ether oxygens (including phenoxy) is 1. The number of rotatable bonds is 5. The Kier molecular flexibility index (Phi) is 5.63. The lowest BCUT2D eigenvalue weighted by atomic mass is 10.0. The highest BCUT2D eigenvalue weighted by Gasteiger charge is 2.35. The smallest absolute Gasteiger partial charge is 0.338 e. The van der Waals surface area contributed by atoms with Crippen LogP contribution in [0.1, 0.15) is 39.7 Å².